The van der Waals surface area contributed by atoms with Crippen LogP contribution < -0.4 is 11.1 Å². The molecule has 0 unspecified atom stereocenters. The Hall–Kier alpha value is -1.59. The van der Waals surface area contributed by atoms with Crippen LogP contribution in [0.2, 0.25) is 0 Å². The molecular formula is C13H20ClN3O2. The van der Waals surface area contributed by atoms with Crippen LogP contribution in [-0.4, -0.2) is 36.9 Å². The van der Waals surface area contributed by atoms with Gasteiger partial charge in [0.25, 0.3) is 0 Å². The number of primary amides is 1. The molecule has 6 heteroatoms. The molecule has 106 valence electrons. The zero-order chi connectivity index (χ0) is 13.4. The van der Waals surface area contributed by atoms with Crippen LogP contribution in [0.5, 0.6) is 0 Å². The van der Waals surface area contributed by atoms with Crippen molar-refractivity contribution in [3.63, 3.8) is 0 Å². The van der Waals surface area contributed by atoms with Gasteiger partial charge in [0.2, 0.25) is 11.8 Å². The lowest BCUT2D eigenvalue weighted by molar-refractivity contribution is -0.135. The Kier molecular flexibility index (Phi) is 8.57. The van der Waals surface area contributed by atoms with Gasteiger partial charge in [-0.05, 0) is 12.6 Å². The Morgan fingerprint density at radius 2 is 1.89 bits per heavy atom. The van der Waals surface area contributed by atoms with Gasteiger partial charge in [0.05, 0.1) is 6.54 Å². The molecule has 0 radical (unpaired) electrons. The van der Waals surface area contributed by atoms with Gasteiger partial charge in [0, 0.05) is 19.5 Å². The third kappa shape index (κ3) is 6.79. The molecule has 0 aliphatic carbocycles. The molecule has 1 rings (SSSR count). The van der Waals surface area contributed by atoms with E-state index in [1.807, 2.05) is 30.3 Å². The fourth-order valence-corrected chi connectivity index (χ4v) is 1.61. The van der Waals surface area contributed by atoms with Crippen molar-refractivity contribution in [2.75, 3.05) is 20.1 Å². The van der Waals surface area contributed by atoms with Gasteiger partial charge in [0.1, 0.15) is 0 Å². The molecular weight excluding hydrogens is 266 g/mol. The summed E-state index contributed by atoms with van der Waals surface area (Å²) in [6, 6.07) is 9.54. The molecule has 0 saturated heterocycles. The second-order valence-electron chi connectivity index (χ2n) is 4.06. The van der Waals surface area contributed by atoms with Crippen molar-refractivity contribution in [2.45, 2.75) is 13.0 Å². The molecule has 0 atom stereocenters. The van der Waals surface area contributed by atoms with Gasteiger partial charge in [-0.25, -0.2) is 0 Å². The highest BCUT2D eigenvalue weighted by Crippen LogP contribution is 2.05. The van der Waals surface area contributed by atoms with E-state index in [0.29, 0.717) is 19.5 Å². The first kappa shape index (κ1) is 17.4. The average Bonchev–Trinajstić information content (AvgIpc) is 2.36. The lowest BCUT2D eigenvalue weighted by atomic mass is 10.2. The van der Waals surface area contributed by atoms with E-state index < -0.39 is 5.91 Å². The number of hydrogen-bond acceptors (Lipinski definition) is 3. The lowest BCUT2D eigenvalue weighted by Gasteiger charge is -2.21. The summed E-state index contributed by atoms with van der Waals surface area (Å²) in [4.78, 5) is 24.4. The van der Waals surface area contributed by atoms with E-state index in [4.69, 9.17) is 5.73 Å². The molecule has 0 heterocycles. The minimum atomic E-state index is -0.497. The second-order valence-corrected chi connectivity index (χ2v) is 4.06. The number of amides is 2. The van der Waals surface area contributed by atoms with Gasteiger partial charge in [0.15, 0.2) is 0 Å². The number of nitrogens with one attached hydrogen (secondary N) is 1. The third-order valence-corrected chi connectivity index (χ3v) is 2.50. The van der Waals surface area contributed by atoms with Crippen molar-refractivity contribution >= 4 is 24.2 Å². The number of carbonyl (C=O) groups is 2. The standard InChI is InChI=1S/C13H19N3O2.ClH/c1-15-8-7-13(18)16(10-12(14)17)9-11-5-3-2-4-6-11;/h2-6,15H,7-10H2,1H3,(H2,14,17);1H. The Labute approximate surface area is 119 Å². The molecule has 0 aliphatic heterocycles. The van der Waals surface area contributed by atoms with E-state index in [2.05, 4.69) is 5.32 Å². The Morgan fingerprint density at radius 1 is 1.26 bits per heavy atom. The van der Waals surface area contributed by atoms with Crippen LogP contribution >= 0.6 is 12.4 Å². The largest absolute Gasteiger partial charge is 0.368 e. The van der Waals surface area contributed by atoms with Crippen LogP contribution in [0.1, 0.15) is 12.0 Å². The molecule has 0 fully saturated rings. The van der Waals surface area contributed by atoms with Gasteiger partial charge >= 0.3 is 0 Å². The second kappa shape index (κ2) is 9.35. The zero-order valence-electron chi connectivity index (χ0n) is 11.0. The van der Waals surface area contributed by atoms with Gasteiger partial charge in [-0.15, -0.1) is 12.4 Å². The van der Waals surface area contributed by atoms with Crippen molar-refractivity contribution in [3.8, 4) is 0 Å². The predicted octanol–water partition coefficient (Wildman–Crippen LogP) is 0.532. The molecule has 1 aromatic carbocycles. The van der Waals surface area contributed by atoms with E-state index >= 15 is 0 Å². The number of carbonyl (C=O) groups excluding carboxylic acids is 2. The minimum absolute atomic E-state index is 0. The maximum absolute atomic E-state index is 11.9. The van der Waals surface area contributed by atoms with E-state index in [1.165, 1.54) is 4.90 Å². The van der Waals surface area contributed by atoms with Gasteiger partial charge in [-0.3, -0.25) is 9.59 Å². The van der Waals surface area contributed by atoms with Crippen LogP contribution in [0.25, 0.3) is 0 Å². The van der Waals surface area contributed by atoms with Crippen molar-refractivity contribution in [2.24, 2.45) is 5.73 Å². The maximum atomic E-state index is 11.9. The maximum Gasteiger partial charge on any atom is 0.237 e. The zero-order valence-corrected chi connectivity index (χ0v) is 11.8. The molecule has 2 amide bonds. The summed E-state index contributed by atoms with van der Waals surface area (Å²) in [5.74, 6) is -0.573. The Bertz CT molecular complexity index is 398. The number of halogens is 1. The first-order valence-electron chi connectivity index (χ1n) is 5.88. The molecule has 0 spiro atoms. The van der Waals surface area contributed by atoms with Crippen LogP contribution in [0, 0.1) is 0 Å². The fourth-order valence-electron chi connectivity index (χ4n) is 1.61. The summed E-state index contributed by atoms with van der Waals surface area (Å²) >= 11 is 0. The smallest absolute Gasteiger partial charge is 0.237 e. The molecule has 0 saturated carbocycles. The molecule has 0 aliphatic rings. The first-order valence-corrected chi connectivity index (χ1v) is 5.88. The van der Waals surface area contributed by atoms with E-state index in [1.54, 1.807) is 7.05 Å². The van der Waals surface area contributed by atoms with E-state index in [-0.39, 0.29) is 24.9 Å². The number of nitrogens with two attached hydrogens (primary N) is 1. The fraction of sp³-hybridized carbons (Fsp3) is 0.385. The van der Waals surface area contributed by atoms with E-state index in [9.17, 15) is 9.59 Å². The van der Waals surface area contributed by atoms with Gasteiger partial charge < -0.3 is 16.0 Å². The molecule has 0 bridgehead atoms. The Morgan fingerprint density at radius 3 is 2.42 bits per heavy atom. The monoisotopic (exact) mass is 285 g/mol. The van der Waals surface area contributed by atoms with Crippen molar-refractivity contribution < 1.29 is 9.59 Å². The normalized spacial score (nSPS) is 9.53. The molecule has 19 heavy (non-hydrogen) atoms. The van der Waals surface area contributed by atoms with E-state index in [0.717, 1.165) is 5.56 Å². The summed E-state index contributed by atoms with van der Waals surface area (Å²) in [6.07, 6.45) is 0.358. The topological polar surface area (TPSA) is 75.4 Å². The summed E-state index contributed by atoms with van der Waals surface area (Å²) in [7, 11) is 1.78. The first-order chi connectivity index (χ1) is 8.63. The minimum Gasteiger partial charge on any atom is -0.368 e. The third-order valence-electron chi connectivity index (χ3n) is 2.50. The number of benzene rings is 1. The number of nitrogens with zero attached hydrogens (tertiary/aromatic N) is 1. The predicted molar refractivity (Wildman–Crippen MR) is 76.8 cm³/mol. The van der Waals surface area contributed by atoms with Crippen LogP contribution in [0.15, 0.2) is 30.3 Å². The summed E-state index contributed by atoms with van der Waals surface area (Å²) in [5.41, 5.74) is 6.15. The summed E-state index contributed by atoms with van der Waals surface area (Å²) in [5, 5.41) is 2.91. The van der Waals surface area contributed by atoms with Gasteiger partial charge in [-0.1, -0.05) is 30.3 Å². The average molecular weight is 286 g/mol. The Balaban J connectivity index is 0.00000324. The van der Waals surface area contributed by atoms with Crippen LogP contribution in [0.3, 0.4) is 0 Å². The SMILES string of the molecule is CNCCC(=O)N(CC(N)=O)Cc1ccccc1.Cl. The quantitative estimate of drug-likeness (QED) is 0.767. The highest BCUT2D eigenvalue weighted by molar-refractivity contribution is 5.85. The highest BCUT2D eigenvalue weighted by Gasteiger charge is 2.15. The molecule has 0 aromatic heterocycles. The van der Waals surface area contributed by atoms with Crippen LogP contribution in [-0.2, 0) is 16.1 Å². The number of hydrogen-bond donors (Lipinski definition) is 2. The summed E-state index contributed by atoms with van der Waals surface area (Å²) in [6.45, 7) is 0.951. The van der Waals surface area contributed by atoms with Crippen molar-refractivity contribution in [1.82, 2.24) is 10.2 Å². The van der Waals surface area contributed by atoms with Crippen molar-refractivity contribution in [3.05, 3.63) is 35.9 Å². The lowest BCUT2D eigenvalue weighted by Crippen LogP contribution is -2.38. The van der Waals surface area contributed by atoms with Crippen molar-refractivity contribution in [1.29, 1.82) is 0 Å². The highest BCUT2D eigenvalue weighted by atomic mass is 35.5. The number of rotatable bonds is 7. The molecule has 1 aromatic rings. The van der Waals surface area contributed by atoms with Gasteiger partial charge in [-0.2, -0.15) is 0 Å². The molecule has 5 nitrogen and oxygen atoms in total. The molecule has 3 N–H and O–H groups in total. The summed E-state index contributed by atoms with van der Waals surface area (Å²) < 4.78 is 0. The van der Waals surface area contributed by atoms with Crippen LogP contribution in [0.4, 0.5) is 0 Å².